The molecule has 0 N–H and O–H groups in total. The summed E-state index contributed by atoms with van der Waals surface area (Å²) in [5.41, 5.74) is 7.97. The Morgan fingerprint density at radius 2 is 1.21 bits per heavy atom. The number of rotatable bonds is 4. The van der Waals surface area contributed by atoms with E-state index in [9.17, 15) is 0 Å². The van der Waals surface area contributed by atoms with E-state index in [2.05, 4.69) is 91.0 Å². The first-order valence-electron chi connectivity index (χ1n) is 16.2. The molecule has 5 nitrogen and oxygen atoms in total. The van der Waals surface area contributed by atoms with Gasteiger partial charge in [0, 0.05) is 33.0 Å². The maximum Gasteiger partial charge on any atom is 0.164 e. The van der Waals surface area contributed by atoms with Crippen LogP contribution in [0.15, 0.2) is 156 Å². The fourth-order valence-corrected chi connectivity index (χ4v) is 7.13. The smallest absolute Gasteiger partial charge is 0.164 e. The highest BCUT2D eigenvalue weighted by atomic mass is 16.5. The number of ether oxygens (including phenoxy) is 1. The third-order valence-electron chi connectivity index (χ3n) is 9.50. The van der Waals surface area contributed by atoms with E-state index in [0.717, 1.165) is 55.5 Å². The molecule has 2 aromatic heterocycles. The fourth-order valence-electron chi connectivity index (χ4n) is 7.13. The van der Waals surface area contributed by atoms with Gasteiger partial charge in [0.05, 0.1) is 5.92 Å². The second kappa shape index (κ2) is 10.6. The van der Waals surface area contributed by atoms with Crippen molar-refractivity contribution >= 4 is 38.3 Å². The van der Waals surface area contributed by atoms with E-state index in [1.54, 1.807) is 0 Å². The molecule has 0 saturated carbocycles. The van der Waals surface area contributed by atoms with Crippen LogP contribution in [-0.2, 0) is 0 Å². The van der Waals surface area contributed by atoms with Crippen molar-refractivity contribution in [3.8, 4) is 39.7 Å². The molecule has 0 spiro atoms. The molecule has 0 amide bonds. The van der Waals surface area contributed by atoms with Gasteiger partial charge >= 0.3 is 0 Å². The van der Waals surface area contributed by atoms with Gasteiger partial charge in [-0.15, -0.1) is 0 Å². The maximum absolute atomic E-state index is 6.61. The maximum atomic E-state index is 6.61. The highest BCUT2D eigenvalue weighted by Crippen LogP contribution is 2.49. The van der Waals surface area contributed by atoms with Crippen LogP contribution >= 0.6 is 0 Å². The first-order chi connectivity index (χ1) is 23.7. The van der Waals surface area contributed by atoms with Crippen LogP contribution < -0.4 is 4.74 Å². The van der Waals surface area contributed by atoms with Gasteiger partial charge in [-0.25, -0.2) is 15.0 Å². The number of nitrogens with zero attached hydrogens (tertiary/aromatic N) is 3. The Labute approximate surface area is 276 Å². The molecule has 2 atom stereocenters. The summed E-state index contributed by atoms with van der Waals surface area (Å²) in [6.45, 7) is 0. The van der Waals surface area contributed by atoms with Gasteiger partial charge in [-0.05, 0) is 64.4 Å². The van der Waals surface area contributed by atoms with E-state index in [1.165, 1.54) is 16.3 Å². The SMILES string of the molecule is C1=CC2Oc3cc(-c4ccc5ccccc5c4)ccc3C2C(c2nc(-c3ccccc3)nc(-c3ccc4oc5ccccc5c4c3)n2)=C1. The fraction of sp³-hybridized carbons (Fsp3) is 0.0465. The molecule has 3 heterocycles. The van der Waals surface area contributed by atoms with E-state index >= 15 is 0 Å². The lowest BCUT2D eigenvalue weighted by molar-refractivity contribution is 0.271. The standard InChI is InChI=1S/C43H27N3O2/c1-2-10-27(11-3-1)41-44-42(31-20-22-37-35(24-31)32-13-6-7-15-36(32)47-37)46-43(45-41)34-14-8-16-38-40(34)33-21-19-30(25-39(33)48-38)29-18-17-26-9-4-5-12-28(26)23-29/h1-25,38,40H. The van der Waals surface area contributed by atoms with Crippen molar-refractivity contribution in [2.45, 2.75) is 12.0 Å². The Bertz CT molecular complexity index is 2620. The molecule has 2 unspecified atom stereocenters. The molecule has 0 fully saturated rings. The Morgan fingerprint density at radius 3 is 2.12 bits per heavy atom. The first-order valence-corrected chi connectivity index (χ1v) is 16.2. The summed E-state index contributed by atoms with van der Waals surface area (Å²) in [5, 5.41) is 4.55. The Balaban J connectivity index is 1.08. The lowest BCUT2D eigenvalue weighted by Crippen LogP contribution is -2.20. The van der Waals surface area contributed by atoms with E-state index in [-0.39, 0.29) is 12.0 Å². The lowest BCUT2D eigenvalue weighted by Gasteiger charge is -2.22. The van der Waals surface area contributed by atoms with Crippen molar-refractivity contribution in [3.05, 3.63) is 163 Å². The van der Waals surface area contributed by atoms with Crippen molar-refractivity contribution in [3.63, 3.8) is 0 Å². The van der Waals surface area contributed by atoms with Gasteiger partial charge in [-0.2, -0.15) is 0 Å². The summed E-state index contributed by atoms with van der Waals surface area (Å²) >= 11 is 0. The highest BCUT2D eigenvalue weighted by Gasteiger charge is 2.38. The summed E-state index contributed by atoms with van der Waals surface area (Å²) < 4.78 is 12.7. The van der Waals surface area contributed by atoms with E-state index in [4.69, 9.17) is 24.1 Å². The molecule has 5 heteroatoms. The third-order valence-corrected chi connectivity index (χ3v) is 9.50. The molecule has 8 aromatic rings. The zero-order chi connectivity index (χ0) is 31.6. The van der Waals surface area contributed by atoms with Crippen LogP contribution in [0.4, 0.5) is 0 Å². The minimum atomic E-state index is -0.152. The third kappa shape index (κ3) is 4.36. The molecule has 226 valence electrons. The summed E-state index contributed by atoms with van der Waals surface area (Å²) in [6, 6.07) is 46.0. The van der Waals surface area contributed by atoms with Gasteiger partial charge in [-0.1, -0.05) is 109 Å². The van der Waals surface area contributed by atoms with Crippen LogP contribution in [0.1, 0.15) is 17.3 Å². The van der Waals surface area contributed by atoms with Crippen molar-refractivity contribution in [1.29, 1.82) is 0 Å². The number of benzene rings is 6. The van der Waals surface area contributed by atoms with Crippen LogP contribution in [0.2, 0.25) is 0 Å². The molecule has 48 heavy (non-hydrogen) atoms. The highest BCUT2D eigenvalue weighted by molar-refractivity contribution is 6.06. The molecule has 0 bridgehead atoms. The van der Waals surface area contributed by atoms with Gasteiger partial charge in [0.15, 0.2) is 17.5 Å². The number of hydrogen-bond donors (Lipinski definition) is 0. The zero-order valence-electron chi connectivity index (χ0n) is 25.7. The molecular formula is C43H27N3O2. The average Bonchev–Trinajstić information content (AvgIpc) is 3.72. The van der Waals surface area contributed by atoms with Crippen molar-refractivity contribution in [1.82, 2.24) is 15.0 Å². The first kappa shape index (κ1) is 26.8. The summed E-state index contributed by atoms with van der Waals surface area (Å²) in [6.07, 6.45) is 6.16. The van der Waals surface area contributed by atoms with Crippen LogP contribution in [0, 0.1) is 0 Å². The molecular weight excluding hydrogens is 590 g/mol. The van der Waals surface area contributed by atoms with Crippen molar-refractivity contribution in [2.24, 2.45) is 0 Å². The topological polar surface area (TPSA) is 61.0 Å². The lowest BCUT2D eigenvalue weighted by atomic mass is 9.83. The summed E-state index contributed by atoms with van der Waals surface area (Å²) in [5.74, 6) is 2.73. The molecule has 1 aliphatic carbocycles. The second-order valence-electron chi connectivity index (χ2n) is 12.4. The van der Waals surface area contributed by atoms with E-state index in [0.29, 0.717) is 17.5 Å². The minimum absolute atomic E-state index is 0.0465. The monoisotopic (exact) mass is 617 g/mol. The normalized spacial score (nSPS) is 16.5. The van der Waals surface area contributed by atoms with E-state index < -0.39 is 0 Å². The Hall–Kier alpha value is -6.33. The largest absolute Gasteiger partial charge is 0.485 e. The van der Waals surface area contributed by atoms with Gasteiger partial charge < -0.3 is 9.15 Å². The number of hydrogen-bond acceptors (Lipinski definition) is 5. The Morgan fingerprint density at radius 1 is 0.500 bits per heavy atom. The van der Waals surface area contributed by atoms with Crippen LogP contribution in [-0.4, -0.2) is 21.1 Å². The Kier molecular flexibility index (Phi) is 5.93. The predicted octanol–water partition coefficient (Wildman–Crippen LogP) is 10.4. The molecule has 10 rings (SSSR count). The average molecular weight is 618 g/mol. The summed E-state index contributed by atoms with van der Waals surface area (Å²) in [7, 11) is 0. The minimum Gasteiger partial charge on any atom is -0.485 e. The van der Waals surface area contributed by atoms with E-state index in [1.807, 2.05) is 60.7 Å². The molecule has 2 aliphatic rings. The van der Waals surface area contributed by atoms with Crippen molar-refractivity contribution < 1.29 is 9.15 Å². The number of aromatic nitrogens is 3. The quantitative estimate of drug-likeness (QED) is 0.197. The number of allylic oxidation sites excluding steroid dienone is 2. The van der Waals surface area contributed by atoms with Crippen molar-refractivity contribution in [2.75, 3.05) is 0 Å². The van der Waals surface area contributed by atoms with Gasteiger partial charge in [-0.3, -0.25) is 0 Å². The van der Waals surface area contributed by atoms with Gasteiger partial charge in [0.1, 0.15) is 23.0 Å². The molecule has 6 aromatic carbocycles. The predicted molar refractivity (Wildman–Crippen MR) is 192 cm³/mol. The number of fused-ring (bicyclic) bond motifs is 7. The van der Waals surface area contributed by atoms with Gasteiger partial charge in [0.2, 0.25) is 0 Å². The van der Waals surface area contributed by atoms with Gasteiger partial charge in [0.25, 0.3) is 0 Å². The number of para-hydroxylation sites is 1. The number of furan rings is 1. The van der Waals surface area contributed by atoms with Crippen LogP contribution in [0.25, 0.3) is 72.2 Å². The summed E-state index contributed by atoms with van der Waals surface area (Å²) in [4.78, 5) is 15.2. The molecule has 0 radical (unpaired) electrons. The van der Waals surface area contributed by atoms with Crippen LogP contribution in [0.5, 0.6) is 5.75 Å². The molecule has 1 aliphatic heterocycles. The molecule has 0 saturated heterocycles. The van der Waals surface area contributed by atoms with Crippen LogP contribution in [0.3, 0.4) is 0 Å². The zero-order valence-corrected chi connectivity index (χ0v) is 25.7. The second-order valence-corrected chi connectivity index (χ2v) is 12.4.